The zero-order valence-corrected chi connectivity index (χ0v) is 23.3. The normalized spacial score (nSPS) is 12.1. The summed E-state index contributed by atoms with van der Waals surface area (Å²) in [6, 6.07) is 28.6. The van der Waals surface area contributed by atoms with Gasteiger partial charge in [0.15, 0.2) is 0 Å². The summed E-state index contributed by atoms with van der Waals surface area (Å²) in [5.41, 5.74) is 7.95. The minimum absolute atomic E-state index is 0.280. The molecule has 0 aliphatic heterocycles. The number of aryl methyl sites for hydroxylation is 1. The second-order valence-electron chi connectivity index (χ2n) is 10.2. The van der Waals surface area contributed by atoms with Crippen molar-refractivity contribution in [2.75, 3.05) is 0 Å². The molecule has 0 fully saturated rings. The molecule has 4 aromatic carbocycles. The van der Waals surface area contributed by atoms with E-state index in [0.717, 1.165) is 38.9 Å². The topological polar surface area (TPSA) is 67.0 Å². The number of alkyl halides is 3. The van der Waals surface area contributed by atoms with Crippen molar-refractivity contribution >= 4 is 16.8 Å². The number of carbonyl (C=O) groups excluding carboxylic acids is 1. The van der Waals surface area contributed by atoms with Crippen molar-refractivity contribution in [2.45, 2.75) is 39.7 Å². The van der Waals surface area contributed by atoms with Crippen molar-refractivity contribution in [3.05, 3.63) is 125 Å². The molecule has 1 N–H and O–H groups in total. The van der Waals surface area contributed by atoms with Gasteiger partial charge in [0, 0.05) is 28.7 Å². The lowest BCUT2D eigenvalue weighted by Crippen LogP contribution is -2.26. The van der Waals surface area contributed by atoms with E-state index >= 15 is 0 Å². The molecular formula is C34H28F3N3O2. The monoisotopic (exact) mass is 567 g/mol. The number of rotatable bonds is 7. The highest BCUT2D eigenvalue weighted by Crippen LogP contribution is 2.29. The van der Waals surface area contributed by atoms with E-state index in [-0.39, 0.29) is 11.7 Å². The van der Waals surface area contributed by atoms with E-state index in [2.05, 4.69) is 39.7 Å². The highest BCUT2D eigenvalue weighted by atomic mass is 19.4. The Labute approximate surface area is 241 Å². The van der Waals surface area contributed by atoms with E-state index in [0.29, 0.717) is 23.2 Å². The Morgan fingerprint density at radius 3 is 2.33 bits per heavy atom. The van der Waals surface area contributed by atoms with Crippen LogP contribution in [0.25, 0.3) is 22.0 Å². The van der Waals surface area contributed by atoms with Gasteiger partial charge in [0.2, 0.25) is 0 Å². The van der Waals surface area contributed by atoms with Crippen molar-refractivity contribution in [3.63, 3.8) is 0 Å². The van der Waals surface area contributed by atoms with Crippen LogP contribution in [0.4, 0.5) is 13.2 Å². The number of hydrogen-bond donors (Lipinski definition) is 1. The second kappa shape index (κ2) is 11.5. The standard InChI is InChI=1S/C34H28F3N3O2/c1-21-23(3)40(20-24-8-10-26(11-9-24)30-7-5-4-6-28(30)19-38)32-17-14-27(18-31(21)32)33(41)39-22(2)25-12-15-29(16-13-25)42-34(35,36)37/h4-18,22H,20H2,1-3H3,(H,39,41)/t22-/m0/s1. The molecule has 0 unspecified atom stereocenters. The van der Waals surface area contributed by atoms with Gasteiger partial charge >= 0.3 is 6.36 Å². The summed E-state index contributed by atoms with van der Waals surface area (Å²) in [5, 5.41) is 13.3. The van der Waals surface area contributed by atoms with Gasteiger partial charge in [-0.2, -0.15) is 5.26 Å². The number of ether oxygens (including phenoxy) is 1. The van der Waals surface area contributed by atoms with Gasteiger partial charge in [0.25, 0.3) is 5.91 Å². The highest BCUT2D eigenvalue weighted by molar-refractivity contribution is 5.99. The number of nitrogens with one attached hydrogen (secondary N) is 1. The SMILES string of the molecule is Cc1c(C)n(Cc2ccc(-c3ccccc3C#N)cc2)c2ccc(C(=O)N[C@@H](C)c3ccc(OC(F)(F)F)cc3)cc12. The first-order chi connectivity index (χ1) is 20.0. The first-order valence-electron chi connectivity index (χ1n) is 13.4. The van der Waals surface area contributed by atoms with Crippen molar-refractivity contribution in [1.82, 2.24) is 9.88 Å². The molecule has 8 heteroatoms. The van der Waals surface area contributed by atoms with Crippen LogP contribution in [0, 0.1) is 25.2 Å². The van der Waals surface area contributed by atoms with Crippen LogP contribution < -0.4 is 10.1 Å². The zero-order valence-electron chi connectivity index (χ0n) is 23.3. The van der Waals surface area contributed by atoms with Crippen LogP contribution in [-0.2, 0) is 6.54 Å². The molecular weight excluding hydrogens is 539 g/mol. The van der Waals surface area contributed by atoms with Crippen LogP contribution in [0.2, 0.25) is 0 Å². The number of fused-ring (bicyclic) bond motifs is 1. The molecule has 42 heavy (non-hydrogen) atoms. The molecule has 0 aliphatic rings. The summed E-state index contributed by atoms with van der Waals surface area (Å²) < 4.78 is 43.5. The van der Waals surface area contributed by atoms with Gasteiger partial charge in [-0.15, -0.1) is 13.2 Å². The predicted octanol–water partition coefficient (Wildman–Crippen LogP) is 8.23. The molecule has 0 saturated carbocycles. The van der Waals surface area contributed by atoms with Gasteiger partial charge in [-0.25, -0.2) is 0 Å². The molecule has 5 nitrogen and oxygen atoms in total. The average molecular weight is 568 g/mol. The third-order valence-corrected chi connectivity index (χ3v) is 7.52. The third-order valence-electron chi connectivity index (χ3n) is 7.52. The Hall–Kier alpha value is -5.03. The van der Waals surface area contributed by atoms with Crippen LogP contribution in [0.5, 0.6) is 5.75 Å². The largest absolute Gasteiger partial charge is 0.573 e. The number of carbonyl (C=O) groups is 1. The summed E-state index contributed by atoms with van der Waals surface area (Å²) >= 11 is 0. The van der Waals surface area contributed by atoms with Gasteiger partial charge in [0.05, 0.1) is 17.7 Å². The molecule has 0 aliphatic carbocycles. The lowest BCUT2D eigenvalue weighted by molar-refractivity contribution is -0.274. The quantitative estimate of drug-likeness (QED) is 0.215. The summed E-state index contributed by atoms with van der Waals surface area (Å²) in [7, 11) is 0. The highest BCUT2D eigenvalue weighted by Gasteiger charge is 2.31. The van der Waals surface area contributed by atoms with Crippen LogP contribution in [-0.4, -0.2) is 16.8 Å². The smallest absolute Gasteiger partial charge is 0.406 e. The Kier molecular flexibility index (Phi) is 7.77. The van der Waals surface area contributed by atoms with Crippen molar-refractivity contribution in [3.8, 4) is 22.9 Å². The molecule has 1 atom stereocenters. The Morgan fingerprint density at radius 1 is 0.976 bits per heavy atom. The Balaban J connectivity index is 1.33. The zero-order chi connectivity index (χ0) is 30.0. The molecule has 212 valence electrons. The lowest BCUT2D eigenvalue weighted by atomic mass is 9.99. The van der Waals surface area contributed by atoms with E-state index in [9.17, 15) is 23.2 Å². The first-order valence-corrected chi connectivity index (χ1v) is 13.4. The van der Waals surface area contributed by atoms with E-state index in [1.807, 2.05) is 55.5 Å². The van der Waals surface area contributed by atoms with Gasteiger partial charge in [-0.3, -0.25) is 4.79 Å². The minimum atomic E-state index is -4.76. The summed E-state index contributed by atoms with van der Waals surface area (Å²) in [5.74, 6) is -0.594. The molecule has 0 bridgehead atoms. The number of aromatic nitrogens is 1. The number of amides is 1. The van der Waals surface area contributed by atoms with Crippen molar-refractivity contribution in [1.29, 1.82) is 5.26 Å². The van der Waals surface area contributed by atoms with Crippen LogP contribution in [0.3, 0.4) is 0 Å². The van der Waals surface area contributed by atoms with Crippen LogP contribution >= 0.6 is 0 Å². The van der Waals surface area contributed by atoms with Crippen molar-refractivity contribution in [2.24, 2.45) is 0 Å². The molecule has 5 rings (SSSR count). The fourth-order valence-corrected chi connectivity index (χ4v) is 5.12. The molecule has 5 aromatic rings. The van der Waals surface area contributed by atoms with Crippen LogP contribution in [0.1, 0.15) is 51.3 Å². The van der Waals surface area contributed by atoms with E-state index < -0.39 is 12.4 Å². The molecule has 1 amide bonds. The first kappa shape index (κ1) is 28.5. The van der Waals surface area contributed by atoms with Gasteiger partial charge in [0.1, 0.15) is 5.75 Å². The van der Waals surface area contributed by atoms with Gasteiger partial charge in [-0.1, -0.05) is 54.6 Å². The number of nitrogens with zero attached hydrogens (tertiary/aromatic N) is 2. The molecule has 0 saturated heterocycles. The number of benzene rings is 4. The third kappa shape index (κ3) is 6.01. The lowest BCUT2D eigenvalue weighted by Gasteiger charge is -2.16. The Bertz CT molecular complexity index is 1800. The van der Waals surface area contributed by atoms with Crippen LogP contribution in [0.15, 0.2) is 91.0 Å². The van der Waals surface area contributed by atoms with E-state index in [1.165, 1.54) is 24.3 Å². The number of nitriles is 1. The second-order valence-corrected chi connectivity index (χ2v) is 10.2. The van der Waals surface area contributed by atoms with Crippen molar-refractivity contribution < 1.29 is 22.7 Å². The summed E-state index contributed by atoms with van der Waals surface area (Å²) in [6.07, 6.45) is -4.76. The van der Waals surface area contributed by atoms with Gasteiger partial charge < -0.3 is 14.6 Å². The number of hydrogen-bond acceptors (Lipinski definition) is 3. The molecule has 0 spiro atoms. The maximum atomic E-state index is 13.1. The Morgan fingerprint density at radius 2 is 1.67 bits per heavy atom. The maximum absolute atomic E-state index is 13.1. The predicted molar refractivity (Wildman–Crippen MR) is 156 cm³/mol. The molecule has 0 radical (unpaired) electrons. The molecule has 1 aromatic heterocycles. The van der Waals surface area contributed by atoms with E-state index in [1.54, 1.807) is 13.0 Å². The minimum Gasteiger partial charge on any atom is -0.406 e. The summed E-state index contributed by atoms with van der Waals surface area (Å²) in [4.78, 5) is 13.1. The number of halogens is 3. The van der Waals surface area contributed by atoms with Gasteiger partial charge in [-0.05, 0) is 85.0 Å². The summed E-state index contributed by atoms with van der Waals surface area (Å²) in [6.45, 7) is 6.50. The average Bonchev–Trinajstić information content (AvgIpc) is 3.21. The maximum Gasteiger partial charge on any atom is 0.573 e. The fraction of sp³-hybridized carbons (Fsp3) is 0.176. The fourth-order valence-electron chi connectivity index (χ4n) is 5.12. The molecule has 1 heterocycles. The van der Waals surface area contributed by atoms with E-state index in [4.69, 9.17) is 0 Å².